The SMILES string of the molecule is N=C(N)N1CCCC(CNC(=O)[C@@H](Cc2ccc(NC(=O)CCC(=O)OCc3ccccc3)cc2)NS(=O)(=O)c2ccc3ccccc3c2)C1. The van der Waals surface area contributed by atoms with Gasteiger partial charge in [-0.2, -0.15) is 4.72 Å². The zero-order valence-electron chi connectivity index (χ0n) is 27.6. The molecule has 0 aromatic heterocycles. The molecule has 1 aliphatic heterocycles. The first kappa shape index (κ1) is 36.0. The Morgan fingerprint density at radius 2 is 1.62 bits per heavy atom. The first-order valence-electron chi connectivity index (χ1n) is 16.5. The van der Waals surface area contributed by atoms with Gasteiger partial charge in [-0.15, -0.1) is 0 Å². The molecular formula is C37H42N6O6S. The van der Waals surface area contributed by atoms with Crippen molar-refractivity contribution in [2.75, 3.05) is 25.0 Å². The number of benzene rings is 4. The van der Waals surface area contributed by atoms with Crippen LogP contribution < -0.4 is 21.1 Å². The molecule has 0 saturated carbocycles. The second kappa shape index (κ2) is 16.9. The molecule has 0 radical (unpaired) electrons. The molecule has 262 valence electrons. The van der Waals surface area contributed by atoms with Gasteiger partial charge in [-0.3, -0.25) is 19.8 Å². The molecule has 4 aromatic rings. The van der Waals surface area contributed by atoms with Crippen LogP contribution in [0.15, 0.2) is 102 Å². The van der Waals surface area contributed by atoms with Crippen LogP contribution in [0.1, 0.15) is 36.8 Å². The quantitative estimate of drug-likeness (QED) is 0.0746. The smallest absolute Gasteiger partial charge is 0.306 e. The van der Waals surface area contributed by atoms with E-state index in [0.29, 0.717) is 30.9 Å². The average Bonchev–Trinajstić information content (AvgIpc) is 3.13. The molecule has 4 aromatic carbocycles. The highest BCUT2D eigenvalue weighted by molar-refractivity contribution is 7.89. The Kier molecular flexibility index (Phi) is 12.2. The minimum absolute atomic E-state index is 0.0111. The van der Waals surface area contributed by atoms with Crippen molar-refractivity contribution in [3.8, 4) is 0 Å². The van der Waals surface area contributed by atoms with Crippen LogP contribution in [0.2, 0.25) is 0 Å². The van der Waals surface area contributed by atoms with Crippen molar-refractivity contribution < 1.29 is 27.5 Å². The highest BCUT2D eigenvalue weighted by Gasteiger charge is 2.28. The number of nitrogens with one attached hydrogen (secondary N) is 4. The number of hydrogen-bond acceptors (Lipinski definition) is 7. The number of anilines is 1. The summed E-state index contributed by atoms with van der Waals surface area (Å²) in [4.78, 5) is 40.0. The predicted octanol–water partition coefficient (Wildman–Crippen LogP) is 3.91. The number of piperidine rings is 1. The first-order valence-corrected chi connectivity index (χ1v) is 18.0. The van der Waals surface area contributed by atoms with Gasteiger partial charge in [0.2, 0.25) is 21.8 Å². The van der Waals surface area contributed by atoms with Gasteiger partial charge in [0.15, 0.2) is 5.96 Å². The molecule has 1 heterocycles. The maximum Gasteiger partial charge on any atom is 0.306 e. The fourth-order valence-corrected chi connectivity index (χ4v) is 7.04. The van der Waals surface area contributed by atoms with E-state index in [9.17, 15) is 22.8 Å². The summed E-state index contributed by atoms with van der Waals surface area (Å²) in [5, 5.41) is 15.1. The lowest BCUT2D eigenvalue weighted by Crippen LogP contribution is -2.51. The number of nitrogens with zero attached hydrogens (tertiary/aromatic N) is 1. The van der Waals surface area contributed by atoms with Gasteiger partial charge in [0.25, 0.3) is 0 Å². The third kappa shape index (κ3) is 10.4. The Morgan fingerprint density at radius 3 is 2.36 bits per heavy atom. The van der Waals surface area contributed by atoms with Crippen molar-refractivity contribution in [1.82, 2.24) is 14.9 Å². The molecule has 1 unspecified atom stereocenters. The summed E-state index contributed by atoms with van der Waals surface area (Å²) in [5.41, 5.74) is 7.68. The number of sulfonamides is 1. The van der Waals surface area contributed by atoms with Gasteiger partial charge >= 0.3 is 5.97 Å². The van der Waals surface area contributed by atoms with E-state index in [1.165, 1.54) is 6.07 Å². The van der Waals surface area contributed by atoms with Gasteiger partial charge < -0.3 is 26.0 Å². The number of fused-ring (bicyclic) bond motifs is 1. The summed E-state index contributed by atoms with van der Waals surface area (Å²) < 4.78 is 35.0. The lowest BCUT2D eigenvalue weighted by atomic mass is 9.98. The van der Waals surface area contributed by atoms with Crippen LogP contribution in [0, 0.1) is 11.3 Å². The maximum absolute atomic E-state index is 13.6. The predicted molar refractivity (Wildman–Crippen MR) is 192 cm³/mol. The van der Waals surface area contributed by atoms with E-state index in [1.807, 2.05) is 54.6 Å². The second-order valence-electron chi connectivity index (χ2n) is 12.4. The summed E-state index contributed by atoms with van der Waals surface area (Å²) >= 11 is 0. The molecule has 50 heavy (non-hydrogen) atoms. The summed E-state index contributed by atoms with van der Waals surface area (Å²) in [7, 11) is -4.10. The van der Waals surface area contributed by atoms with E-state index >= 15 is 0 Å². The molecule has 1 fully saturated rings. The molecule has 12 nitrogen and oxygen atoms in total. The van der Waals surface area contributed by atoms with Crippen molar-refractivity contribution in [2.45, 2.75) is 49.6 Å². The Labute approximate surface area is 291 Å². The standard InChI is InChI=1S/C37H42N6O6S/c38-37(39)43-20-6-9-28(24-43)23-40-36(46)33(42-50(47,48)32-17-14-29-10-4-5-11-30(29)22-32)21-26-12-15-31(16-13-26)41-34(44)18-19-35(45)49-25-27-7-2-1-3-8-27/h1-5,7-8,10-17,22,28,33,42H,6,9,18-21,23-25H2,(H3,38,39)(H,40,46)(H,41,44)/t28?,33-/m1/s1. The fourth-order valence-electron chi connectivity index (χ4n) is 5.81. The van der Waals surface area contributed by atoms with Crippen LogP contribution >= 0.6 is 0 Å². The molecule has 1 saturated heterocycles. The molecule has 2 amide bonds. The Morgan fingerprint density at radius 1 is 0.900 bits per heavy atom. The Bertz CT molecular complexity index is 1920. The second-order valence-corrected chi connectivity index (χ2v) is 14.1. The van der Waals surface area contributed by atoms with E-state index in [1.54, 1.807) is 41.3 Å². The van der Waals surface area contributed by atoms with Gasteiger partial charge in [0, 0.05) is 31.7 Å². The molecule has 1 aliphatic rings. The van der Waals surface area contributed by atoms with E-state index in [4.69, 9.17) is 15.9 Å². The van der Waals surface area contributed by atoms with Crippen molar-refractivity contribution in [3.63, 3.8) is 0 Å². The number of esters is 1. The van der Waals surface area contributed by atoms with Crippen LogP contribution in [-0.4, -0.2) is 62.7 Å². The number of rotatable bonds is 14. The molecule has 0 aliphatic carbocycles. The Balaban J connectivity index is 1.21. The van der Waals surface area contributed by atoms with Gasteiger partial charge in [-0.25, -0.2) is 8.42 Å². The summed E-state index contributed by atoms with van der Waals surface area (Å²) in [6.45, 7) is 1.66. The summed E-state index contributed by atoms with van der Waals surface area (Å²) in [6.07, 6.45) is 1.60. The molecule has 5 rings (SSSR count). The highest BCUT2D eigenvalue weighted by Crippen LogP contribution is 2.21. The fraction of sp³-hybridized carbons (Fsp3) is 0.297. The molecule has 0 spiro atoms. The largest absolute Gasteiger partial charge is 0.461 e. The lowest BCUT2D eigenvalue weighted by Gasteiger charge is -2.33. The van der Waals surface area contributed by atoms with Crippen molar-refractivity contribution in [1.29, 1.82) is 5.41 Å². The molecule has 6 N–H and O–H groups in total. The van der Waals surface area contributed by atoms with Crippen LogP contribution in [0.4, 0.5) is 5.69 Å². The van der Waals surface area contributed by atoms with Gasteiger partial charge in [-0.1, -0.05) is 72.8 Å². The van der Waals surface area contributed by atoms with Crippen LogP contribution in [-0.2, 0) is 42.2 Å². The highest BCUT2D eigenvalue weighted by atomic mass is 32.2. The number of amides is 2. The normalized spacial score (nSPS) is 15.2. The van der Waals surface area contributed by atoms with E-state index in [0.717, 1.165) is 29.2 Å². The zero-order valence-corrected chi connectivity index (χ0v) is 28.5. The zero-order chi connectivity index (χ0) is 35.5. The molecule has 0 bridgehead atoms. The van der Waals surface area contributed by atoms with Crippen LogP contribution in [0.25, 0.3) is 10.8 Å². The number of carbonyl (C=O) groups excluding carboxylic acids is 3. The lowest BCUT2D eigenvalue weighted by molar-refractivity contribution is -0.145. The van der Waals surface area contributed by atoms with Crippen molar-refractivity contribution >= 4 is 50.2 Å². The van der Waals surface area contributed by atoms with Crippen molar-refractivity contribution in [2.24, 2.45) is 11.7 Å². The third-order valence-electron chi connectivity index (χ3n) is 8.55. The third-order valence-corrected chi connectivity index (χ3v) is 10.0. The number of guanidine groups is 1. The summed E-state index contributed by atoms with van der Waals surface area (Å²) in [5.74, 6) is -1.27. The van der Waals surface area contributed by atoms with Gasteiger partial charge in [0.1, 0.15) is 12.6 Å². The maximum atomic E-state index is 13.6. The number of nitrogens with two attached hydrogens (primary N) is 1. The Hall–Kier alpha value is -5.27. The first-order chi connectivity index (χ1) is 24.1. The number of likely N-dealkylation sites (tertiary alicyclic amines) is 1. The number of carbonyl (C=O) groups is 3. The average molecular weight is 699 g/mol. The summed E-state index contributed by atoms with van der Waals surface area (Å²) in [6, 6.07) is 27.1. The monoisotopic (exact) mass is 698 g/mol. The van der Waals surface area contributed by atoms with Gasteiger partial charge in [0.05, 0.1) is 11.3 Å². The minimum Gasteiger partial charge on any atom is -0.461 e. The molecular weight excluding hydrogens is 657 g/mol. The minimum atomic E-state index is -4.10. The van der Waals surface area contributed by atoms with Gasteiger partial charge in [-0.05, 0) is 71.3 Å². The van der Waals surface area contributed by atoms with Crippen molar-refractivity contribution in [3.05, 3.63) is 108 Å². The number of ether oxygens (including phenoxy) is 1. The van der Waals surface area contributed by atoms with Crippen LogP contribution in [0.3, 0.4) is 0 Å². The van der Waals surface area contributed by atoms with E-state index in [-0.39, 0.29) is 48.5 Å². The molecule has 2 atom stereocenters. The van der Waals surface area contributed by atoms with E-state index < -0.39 is 27.9 Å². The topological polar surface area (TPSA) is 184 Å². The van der Waals surface area contributed by atoms with Crippen LogP contribution in [0.5, 0.6) is 0 Å². The van der Waals surface area contributed by atoms with E-state index in [2.05, 4.69) is 15.4 Å². The molecule has 13 heteroatoms. The number of hydrogen-bond donors (Lipinski definition) is 5.